The van der Waals surface area contributed by atoms with Crippen LogP contribution in [0.5, 0.6) is 0 Å². The van der Waals surface area contributed by atoms with E-state index in [4.69, 9.17) is 0 Å². The Balaban J connectivity index is 2.17. The molecular formula is C13H16N2O2S2. The summed E-state index contributed by atoms with van der Waals surface area (Å²) in [6.45, 7) is 1.84. The van der Waals surface area contributed by atoms with Gasteiger partial charge in [-0.25, -0.2) is 13.1 Å². The Morgan fingerprint density at radius 2 is 1.84 bits per heavy atom. The SMILES string of the molecule is CNc1ccc(S(=O)(=O)NC(C)c2cccs2)cc1. The van der Waals surface area contributed by atoms with E-state index in [9.17, 15) is 8.42 Å². The minimum Gasteiger partial charge on any atom is -0.388 e. The van der Waals surface area contributed by atoms with Crippen LogP contribution in [0.4, 0.5) is 5.69 Å². The fourth-order valence-corrected chi connectivity index (χ4v) is 3.73. The largest absolute Gasteiger partial charge is 0.388 e. The predicted octanol–water partition coefficient (Wildman–Crippen LogP) is 2.83. The maximum absolute atomic E-state index is 12.2. The fourth-order valence-electron chi connectivity index (χ4n) is 1.70. The van der Waals surface area contributed by atoms with Crippen LogP contribution in [0.1, 0.15) is 17.8 Å². The van der Waals surface area contributed by atoms with Crippen molar-refractivity contribution in [1.82, 2.24) is 4.72 Å². The number of thiophene rings is 1. The van der Waals surface area contributed by atoms with Crippen LogP contribution in [-0.4, -0.2) is 15.5 Å². The first-order valence-corrected chi connectivity index (χ1v) is 8.23. The molecule has 0 aliphatic carbocycles. The molecular weight excluding hydrogens is 280 g/mol. The van der Waals surface area contributed by atoms with Gasteiger partial charge in [-0.2, -0.15) is 0 Å². The Bertz CT molecular complexity index is 619. The highest BCUT2D eigenvalue weighted by molar-refractivity contribution is 7.89. The van der Waals surface area contributed by atoms with Crippen molar-refractivity contribution in [3.63, 3.8) is 0 Å². The van der Waals surface area contributed by atoms with Gasteiger partial charge in [-0.1, -0.05) is 6.07 Å². The average molecular weight is 296 g/mol. The van der Waals surface area contributed by atoms with Crippen LogP contribution in [0, 0.1) is 0 Å². The number of benzene rings is 1. The van der Waals surface area contributed by atoms with Gasteiger partial charge in [-0.3, -0.25) is 0 Å². The van der Waals surface area contributed by atoms with Crippen molar-refractivity contribution in [1.29, 1.82) is 0 Å². The molecule has 0 aliphatic rings. The highest BCUT2D eigenvalue weighted by Crippen LogP contribution is 2.21. The van der Waals surface area contributed by atoms with E-state index < -0.39 is 10.0 Å². The third kappa shape index (κ3) is 3.34. The predicted molar refractivity (Wildman–Crippen MR) is 79.0 cm³/mol. The van der Waals surface area contributed by atoms with Gasteiger partial charge in [0.1, 0.15) is 0 Å². The quantitative estimate of drug-likeness (QED) is 0.892. The van der Waals surface area contributed by atoms with E-state index in [1.54, 1.807) is 31.3 Å². The zero-order chi connectivity index (χ0) is 13.9. The van der Waals surface area contributed by atoms with Gasteiger partial charge < -0.3 is 5.32 Å². The molecule has 0 aliphatic heterocycles. The van der Waals surface area contributed by atoms with Gasteiger partial charge >= 0.3 is 0 Å². The van der Waals surface area contributed by atoms with Crippen molar-refractivity contribution in [3.05, 3.63) is 46.7 Å². The van der Waals surface area contributed by atoms with Crippen molar-refractivity contribution in [2.75, 3.05) is 12.4 Å². The lowest BCUT2D eigenvalue weighted by atomic mass is 10.3. The molecule has 0 saturated carbocycles. The zero-order valence-electron chi connectivity index (χ0n) is 10.8. The Morgan fingerprint density at radius 3 is 2.37 bits per heavy atom. The smallest absolute Gasteiger partial charge is 0.241 e. The zero-order valence-corrected chi connectivity index (χ0v) is 12.4. The van der Waals surface area contributed by atoms with Crippen molar-refractivity contribution in [2.24, 2.45) is 0 Å². The van der Waals surface area contributed by atoms with E-state index in [0.717, 1.165) is 10.6 Å². The summed E-state index contributed by atoms with van der Waals surface area (Å²) >= 11 is 1.54. The topological polar surface area (TPSA) is 58.2 Å². The molecule has 2 aromatic rings. The molecule has 2 N–H and O–H groups in total. The monoisotopic (exact) mass is 296 g/mol. The van der Waals surface area contributed by atoms with Crippen LogP contribution in [0.3, 0.4) is 0 Å². The van der Waals surface area contributed by atoms with Crippen LogP contribution in [-0.2, 0) is 10.0 Å². The number of hydrogen-bond acceptors (Lipinski definition) is 4. The van der Waals surface area contributed by atoms with Crippen molar-refractivity contribution in [3.8, 4) is 0 Å². The number of sulfonamides is 1. The third-order valence-electron chi connectivity index (χ3n) is 2.76. The van der Waals surface area contributed by atoms with Crippen LogP contribution in [0.2, 0.25) is 0 Å². The number of hydrogen-bond donors (Lipinski definition) is 2. The summed E-state index contributed by atoms with van der Waals surface area (Å²) in [5, 5.41) is 4.89. The van der Waals surface area contributed by atoms with E-state index in [1.165, 1.54) is 11.3 Å². The van der Waals surface area contributed by atoms with Crippen molar-refractivity contribution in [2.45, 2.75) is 17.9 Å². The van der Waals surface area contributed by atoms with Gasteiger partial charge in [-0.05, 0) is 42.6 Å². The minimum atomic E-state index is -3.48. The van der Waals surface area contributed by atoms with Gasteiger partial charge in [0.05, 0.1) is 10.9 Å². The Hall–Kier alpha value is -1.37. The summed E-state index contributed by atoms with van der Waals surface area (Å²) < 4.78 is 27.1. The maximum atomic E-state index is 12.2. The summed E-state index contributed by atoms with van der Waals surface area (Å²) in [7, 11) is -1.69. The summed E-state index contributed by atoms with van der Waals surface area (Å²) in [5.41, 5.74) is 0.880. The third-order valence-corrected chi connectivity index (χ3v) is 5.37. The standard InChI is InChI=1S/C13H16N2O2S2/c1-10(13-4-3-9-18-13)15-19(16,17)12-7-5-11(14-2)6-8-12/h3-10,14-15H,1-2H3. The highest BCUT2D eigenvalue weighted by atomic mass is 32.2. The van der Waals surface area contributed by atoms with Gasteiger partial charge in [0.15, 0.2) is 0 Å². The van der Waals surface area contributed by atoms with Gasteiger partial charge in [0.2, 0.25) is 10.0 Å². The molecule has 1 unspecified atom stereocenters. The molecule has 1 atom stereocenters. The maximum Gasteiger partial charge on any atom is 0.241 e. The van der Waals surface area contributed by atoms with Crippen LogP contribution >= 0.6 is 11.3 Å². The number of rotatable bonds is 5. The highest BCUT2D eigenvalue weighted by Gasteiger charge is 2.18. The first kappa shape index (κ1) is 14.0. The number of nitrogens with one attached hydrogen (secondary N) is 2. The second-order valence-electron chi connectivity index (χ2n) is 4.13. The van der Waals surface area contributed by atoms with E-state index in [2.05, 4.69) is 10.0 Å². The lowest BCUT2D eigenvalue weighted by molar-refractivity contribution is 0.568. The second kappa shape index (κ2) is 5.73. The fraction of sp³-hybridized carbons (Fsp3) is 0.231. The van der Waals surface area contributed by atoms with E-state index >= 15 is 0 Å². The Kier molecular flexibility index (Phi) is 4.24. The first-order chi connectivity index (χ1) is 9.03. The second-order valence-corrected chi connectivity index (χ2v) is 6.83. The molecule has 102 valence electrons. The molecule has 0 radical (unpaired) electrons. The molecule has 2 rings (SSSR count). The molecule has 0 bridgehead atoms. The van der Waals surface area contributed by atoms with E-state index in [1.807, 2.05) is 24.4 Å². The lowest BCUT2D eigenvalue weighted by Gasteiger charge is -2.13. The first-order valence-electron chi connectivity index (χ1n) is 5.86. The molecule has 1 heterocycles. The van der Waals surface area contributed by atoms with Gasteiger partial charge in [0, 0.05) is 17.6 Å². The number of anilines is 1. The molecule has 4 nitrogen and oxygen atoms in total. The normalized spacial score (nSPS) is 13.2. The average Bonchev–Trinajstić information content (AvgIpc) is 2.92. The van der Waals surface area contributed by atoms with E-state index in [0.29, 0.717) is 0 Å². The Labute approximate surface area is 117 Å². The van der Waals surface area contributed by atoms with Crippen molar-refractivity contribution < 1.29 is 8.42 Å². The minimum absolute atomic E-state index is 0.228. The van der Waals surface area contributed by atoms with Crippen LogP contribution in [0.15, 0.2) is 46.7 Å². The molecule has 0 saturated heterocycles. The molecule has 19 heavy (non-hydrogen) atoms. The summed E-state index contributed by atoms with van der Waals surface area (Å²) in [4.78, 5) is 1.27. The van der Waals surface area contributed by atoms with Gasteiger partial charge in [0.25, 0.3) is 0 Å². The molecule has 1 aromatic heterocycles. The molecule has 0 spiro atoms. The Morgan fingerprint density at radius 1 is 1.16 bits per heavy atom. The lowest BCUT2D eigenvalue weighted by Crippen LogP contribution is -2.26. The van der Waals surface area contributed by atoms with Crippen molar-refractivity contribution >= 4 is 27.0 Å². The molecule has 0 fully saturated rings. The molecule has 6 heteroatoms. The summed E-state index contributed by atoms with van der Waals surface area (Å²) in [6, 6.07) is 10.3. The summed E-state index contributed by atoms with van der Waals surface area (Å²) in [5.74, 6) is 0. The van der Waals surface area contributed by atoms with E-state index in [-0.39, 0.29) is 10.9 Å². The molecule has 0 amide bonds. The molecule has 1 aromatic carbocycles. The van der Waals surface area contributed by atoms with Crippen LogP contribution in [0.25, 0.3) is 0 Å². The van der Waals surface area contributed by atoms with Gasteiger partial charge in [-0.15, -0.1) is 11.3 Å². The van der Waals surface area contributed by atoms with Crippen LogP contribution < -0.4 is 10.0 Å². The summed E-state index contributed by atoms with van der Waals surface area (Å²) in [6.07, 6.45) is 0.